The van der Waals surface area contributed by atoms with Gasteiger partial charge in [0.1, 0.15) is 5.75 Å². The van der Waals surface area contributed by atoms with E-state index < -0.39 is 6.10 Å². The number of aliphatic hydroxyl groups excluding tert-OH is 1. The zero-order valence-corrected chi connectivity index (χ0v) is 15.8. The number of benzene rings is 1. The molecule has 0 aliphatic heterocycles. The van der Waals surface area contributed by atoms with Crippen molar-refractivity contribution in [3.8, 4) is 5.75 Å². The van der Waals surface area contributed by atoms with Crippen LogP contribution in [0.2, 0.25) is 0 Å². The molecule has 0 saturated heterocycles. The summed E-state index contributed by atoms with van der Waals surface area (Å²) in [7, 11) is 0. The van der Waals surface area contributed by atoms with Gasteiger partial charge in [0.25, 0.3) is 0 Å². The number of H-pyrrole nitrogens is 1. The van der Waals surface area contributed by atoms with Crippen LogP contribution in [0, 0.1) is 0 Å². The summed E-state index contributed by atoms with van der Waals surface area (Å²) in [4.78, 5) is 14.1. The fraction of sp³-hybridized carbons (Fsp3) is 0.571. The van der Waals surface area contributed by atoms with E-state index in [1.54, 1.807) is 12.1 Å². The molecule has 0 unspecified atom stereocenters. The molecule has 4 N–H and O–H groups in total. The maximum Gasteiger partial charge on any atom is 0.248 e. The van der Waals surface area contributed by atoms with Gasteiger partial charge in [-0.25, -0.2) is 0 Å². The topological polar surface area (TPSA) is 85.3 Å². The number of pyridine rings is 1. The zero-order chi connectivity index (χ0) is 18.8. The smallest absolute Gasteiger partial charge is 0.248 e. The summed E-state index contributed by atoms with van der Waals surface area (Å²) in [5.41, 5.74) is 0.807. The number of aromatic nitrogens is 1. The third-order valence-electron chi connectivity index (χ3n) is 4.81. The van der Waals surface area contributed by atoms with Crippen LogP contribution in [0.1, 0.15) is 70.0 Å². The van der Waals surface area contributed by atoms with E-state index >= 15 is 0 Å². The van der Waals surface area contributed by atoms with Gasteiger partial charge in [0, 0.05) is 18.0 Å². The predicted octanol–water partition coefficient (Wildman–Crippen LogP) is 4.00. The molecule has 0 radical (unpaired) electrons. The van der Waals surface area contributed by atoms with Crippen LogP contribution < -0.4 is 10.9 Å². The van der Waals surface area contributed by atoms with Crippen molar-refractivity contribution in [2.45, 2.75) is 64.4 Å². The molecule has 0 spiro atoms. The van der Waals surface area contributed by atoms with Gasteiger partial charge in [0.2, 0.25) is 5.56 Å². The van der Waals surface area contributed by atoms with E-state index in [1.165, 1.54) is 57.1 Å². The number of aromatic amines is 1. The maximum atomic E-state index is 11.4. The van der Waals surface area contributed by atoms with Crippen molar-refractivity contribution in [1.82, 2.24) is 10.3 Å². The summed E-state index contributed by atoms with van der Waals surface area (Å²) in [6.07, 6.45) is 9.59. The van der Waals surface area contributed by atoms with Crippen molar-refractivity contribution in [3.63, 3.8) is 0 Å². The van der Waals surface area contributed by atoms with Gasteiger partial charge in [-0.05, 0) is 30.7 Å². The molecule has 1 aromatic carbocycles. The number of phenols is 1. The van der Waals surface area contributed by atoms with Crippen molar-refractivity contribution in [1.29, 1.82) is 0 Å². The molecule has 5 nitrogen and oxygen atoms in total. The van der Waals surface area contributed by atoms with E-state index in [0.29, 0.717) is 23.0 Å². The van der Waals surface area contributed by atoms with Crippen LogP contribution in [-0.4, -0.2) is 28.3 Å². The number of aromatic hydroxyl groups is 1. The van der Waals surface area contributed by atoms with Crippen LogP contribution in [0.15, 0.2) is 29.1 Å². The Morgan fingerprint density at radius 3 is 2.42 bits per heavy atom. The summed E-state index contributed by atoms with van der Waals surface area (Å²) >= 11 is 0. The summed E-state index contributed by atoms with van der Waals surface area (Å²) < 4.78 is 0. The normalized spacial score (nSPS) is 12.5. The molecule has 26 heavy (non-hydrogen) atoms. The standard InChI is InChI=1S/C21H32N2O3/c1-2-3-4-5-6-7-8-9-14-22-15-19(25)16-10-12-18(24)21-17(16)11-13-20(26)23-21/h10-13,19,22,24-25H,2-9,14-15H2,1H3,(H,23,26)/t19-/m0/s1. The predicted molar refractivity (Wildman–Crippen MR) is 107 cm³/mol. The quantitative estimate of drug-likeness (QED) is 0.431. The van der Waals surface area contributed by atoms with Gasteiger partial charge in [-0.3, -0.25) is 4.79 Å². The minimum atomic E-state index is -0.682. The van der Waals surface area contributed by atoms with Gasteiger partial charge in [-0.15, -0.1) is 0 Å². The van der Waals surface area contributed by atoms with Crippen LogP contribution in [0.25, 0.3) is 10.9 Å². The summed E-state index contributed by atoms with van der Waals surface area (Å²) in [6, 6.07) is 6.27. The number of hydrogen-bond donors (Lipinski definition) is 4. The number of unbranched alkanes of at least 4 members (excludes halogenated alkanes) is 7. The molecule has 5 heteroatoms. The molecule has 0 bridgehead atoms. The van der Waals surface area contributed by atoms with E-state index in [4.69, 9.17) is 0 Å². The van der Waals surface area contributed by atoms with Crippen molar-refractivity contribution in [3.05, 3.63) is 40.2 Å². The van der Waals surface area contributed by atoms with Gasteiger partial charge in [-0.1, -0.05) is 57.9 Å². The second kappa shape index (κ2) is 11.0. The lowest BCUT2D eigenvalue weighted by Gasteiger charge is -2.15. The van der Waals surface area contributed by atoms with E-state index in [2.05, 4.69) is 17.2 Å². The number of fused-ring (bicyclic) bond motifs is 1. The molecule has 0 fully saturated rings. The highest BCUT2D eigenvalue weighted by atomic mass is 16.3. The molecule has 1 atom stereocenters. The Kier molecular flexibility index (Phi) is 8.65. The molecule has 1 aromatic heterocycles. The van der Waals surface area contributed by atoms with Crippen molar-refractivity contribution in [2.75, 3.05) is 13.1 Å². The average Bonchev–Trinajstić information content (AvgIpc) is 2.64. The molecule has 0 aliphatic carbocycles. The van der Waals surface area contributed by atoms with Crippen LogP contribution in [0.5, 0.6) is 5.75 Å². The lowest BCUT2D eigenvalue weighted by atomic mass is 10.0. The van der Waals surface area contributed by atoms with Crippen LogP contribution in [-0.2, 0) is 0 Å². The zero-order valence-electron chi connectivity index (χ0n) is 15.8. The highest BCUT2D eigenvalue weighted by molar-refractivity contribution is 5.87. The van der Waals surface area contributed by atoms with E-state index in [-0.39, 0.29) is 11.3 Å². The molecular weight excluding hydrogens is 328 g/mol. The van der Waals surface area contributed by atoms with Gasteiger partial charge in [-0.2, -0.15) is 0 Å². The molecule has 144 valence electrons. The minimum Gasteiger partial charge on any atom is -0.506 e. The Morgan fingerprint density at radius 2 is 1.69 bits per heavy atom. The third-order valence-corrected chi connectivity index (χ3v) is 4.81. The lowest BCUT2D eigenvalue weighted by Crippen LogP contribution is -2.22. The molecule has 2 aromatic rings. The van der Waals surface area contributed by atoms with Crippen LogP contribution in [0.3, 0.4) is 0 Å². The SMILES string of the molecule is CCCCCCCCCCNC[C@H](O)c1ccc(O)c2[nH]c(=O)ccc12. The average molecular weight is 360 g/mol. The summed E-state index contributed by atoms with van der Waals surface area (Å²) in [6.45, 7) is 3.58. The van der Waals surface area contributed by atoms with Gasteiger partial charge < -0.3 is 20.5 Å². The van der Waals surface area contributed by atoms with Crippen LogP contribution in [0.4, 0.5) is 0 Å². The Bertz CT molecular complexity index is 727. The fourth-order valence-corrected chi connectivity index (χ4v) is 3.28. The van der Waals surface area contributed by atoms with Gasteiger partial charge >= 0.3 is 0 Å². The highest BCUT2D eigenvalue weighted by Gasteiger charge is 2.13. The van der Waals surface area contributed by atoms with Crippen molar-refractivity contribution in [2.24, 2.45) is 0 Å². The van der Waals surface area contributed by atoms with E-state index in [9.17, 15) is 15.0 Å². The Hall–Kier alpha value is -1.85. The summed E-state index contributed by atoms with van der Waals surface area (Å²) in [5, 5.41) is 24.3. The second-order valence-electron chi connectivity index (χ2n) is 6.98. The lowest BCUT2D eigenvalue weighted by molar-refractivity contribution is 0.176. The molecule has 0 amide bonds. The maximum absolute atomic E-state index is 11.4. The number of aliphatic hydroxyl groups is 1. The highest BCUT2D eigenvalue weighted by Crippen LogP contribution is 2.28. The van der Waals surface area contributed by atoms with Crippen LogP contribution >= 0.6 is 0 Å². The molecular formula is C21H32N2O3. The van der Waals surface area contributed by atoms with Gasteiger partial charge in [0.15, 0.2) is 0 Å². The van der Waals surface area contributed by atoms with E-state index in [0.717, 1.165) is 13.0 Å². The monoisotopic (exact) mass is 360 g/mol. The first-order valence-corrected chi connectivity index (χ1v) is 9.87. The first-order chi connectivity index (χ1) is 12.6. The Labute approximate surface area is 155 Å². The van der Waals surface area contributed by atoms with Crippen molar-refractivity contribution < 1.29 is 10.2 Å². The first kappa shape index (κ1) is 20.5. The second-order valence-corrected chi connectivity index (χ2v) is 6.98. The molecule has 1 heterocycles. The first-order valence-electron chi connectivity index (χ1n) is 9.87. The van der Waals surface area contributed by atoms with E-state index in [1.807, 2.05) is 0 Å². The number of rotatable bonds is 12. The van der Waals surface area contributed by atoms with Crippen molar-refractivity contribution >= 4 is 10.9 Å². The number of nitrogens with one attached hydrogen (secondary N) is 2. The third kappa shape index (κ3) is 6.15. The molecule has 2 rings (SSSR count). The number of hydrogen-bond acceptors (Lipinski definition) is 4. The Morgan fingerprint density at radius 1 is 1.00 bits per heavy atom. The Balaban J connectivity index is 1.74. The fourth-order valence-electron chi connectivity index (χ4n) is 3.28. The molecule has 0 saturated carbocycles. The minimum absolute atomic E-state index is 0.0144. The number of phenolic OH excluding ortho intramolecular Hbond substituents is 1. The molecule has 0 aliphatic rings. The summed E-state index contributed by atoms with van der Waals surface area (Å²) in [5.74, 6) is 0.0144. The largest absolute Gasteiger partial charge is 0.506 e. The van der Waals surface area contributed by atoms with Gasteiger partial charge in [0.05, 0.1) is 11.6 Å².